The zero-order valence-corrected chi connectivity index (χ0v) is 24.8. The van der Waals surface area contributed by atoms with Crippen LogP contribution in [0, 0.1) is 0 Å². The summed E-state index contributed by atoms with van der Waals surface area (Å²) in [5.74, 6) is -0.450. The second-order valence-electron chi connectivity index (χ2n) is 7.41. The van der Waals surface area contributed by atoms with Crippen LogP contribution in [0.1, 0.15) is 96.8 Å². The molecule has 0 aliphatic carbocycles. The molecule has 0 aromatic heterocycles. The number of esters is 1. The first-order valence-corrected chi connectivity index (χ1v) is 12.5. The number of aliphatic hydroxyl groups excluding tert-OH is 1. The molecule has 0 aromatic carbocycles. The molecule has 0 heterocycles. The molecule has 0 radical (unpaired) electrons. The van der Waals surface area contributed by atoms with Crippen LogP contribution in [0.15, 0.2) is 12.2 Å². The number of rotatable bonds is 20. The molecule has 0 fully saturated rings. The van der Waals surface area contributed by atoms with Crippen LogP contribution in [0.5, 0.6) is 0 Å². The fraction of sp³-hybridized carbons (Fsp3) is 0.857. The molecule has 0 amide bonds. The van der Waals surface area contributed by atoms with E-state index in [1.807, 2.05) is 0 Å². The molecule has 0 aliphatic rings. The summed E-state index contributed by atoms with van der Waals surface area (Å²) in [5, 5.41) is 9.36. The second kappa shape index (κ2) is 25.9. The van der Waals surface area contributed by atoms with E-state index < -0.39 is 26.5 Å². The summed E-state index contributed by atoms with van der Waals surface area (Å²) in [6, 6.07) is 0. The molecule has 0 saturated carbocycles. The Kier molecular flexibility index (Phi) is 30.8. The monoisotopic (exact) mass is 480 g/mol. The molecular weight excluding hydrogens is 441 g/mol. The fourth-order valence-electron chi connectivity index (χ4n) is 2.83. The summed E-state index contributed by atoms with van der Waals surface area (Å²) in [6.07, 6.45) is 18.8. The van der Waals surface area contributed by atoms with Crippen molar-refractivity contribution in [3.63, 3.8) is 0 Å². The van der Waals surface area contributed by atoms with Gasteiger partial charge in [-0.1, -0.05) is 70.4 Å². The van der Waals surface area contributed by atoms with E-state index in [9.17, 15) is 24.3 Å². The van der Waals surface area contributed by atoms with Crippen LogP contribution in [0.3, 0.4) is 0 Å². The van der Waals surface area contributed by atoms with Crippen molar-refractivity contribution in [1.82, 2.24) is 0 Å². The maximum atomic E-state index is 11.5. The Morgan fingerprint density at radius 2 is 1.35 bits per heavy atom. The van der Waals surface area contributed by atoms with Crippen LogP contribution in [-0.4, -0.2) is 30.4 Å². The third-order valence-corrected chi connectivity index (χ3v) is 4.97. The number of ether oxygens (including phenoxy) is 1. The number of carbonyl (C=O) groups excluding carboxylic acids is 1. The molecule has 0 aromatic rings. The van der Waals surface area contributed by atoms with Crippen molar-refractivity contribution >= 4 is 13.8 Å². The number of allylic oxidation sites excluding steroid dienone is 2. The van der Waals surface area contributed by atoms with E-state index >= 15 is 0 Å². The fourth-order valence-corrected chi connectivity index (χ4v) is 3.18. The molecule has 0 bridgehead atoms. The van der Waals surface area contributed by atoms with Crippen molar-refractivity contribution in [3.05, 3.63) is 12.2 Å². The first-order chi connectivity index (χ1) is 13.8. The SMILES string of the molecule is CCCCCCCC/C=C\CCCCCCCC(=O)OC[C@@H](O)COP(=O)([O-])[O-].[Na+].[Na+]. The van der Waals surface area contributed by atoms with Crippen molar-refractivity contribution in [2.45, 2.75) is 103 Å². The average Bonchev–Trinajstić information content (AvgIpc) is 2.67. The van der Waals surface area contributed by atoms with Crippen molar-refractivity contribution in [3.8, 4) is 0 Å². The van der Waals surface area contributed by atoms with Gasteiger partial charge in [0.2, 0.25) is 0 Å². The molecule has 0 unspecified atom stereocenters. The third-order valence-electron chi connectivity index (χ3n) is 4.50. The minimum absolute atomic E-state index is 0. The topological polar surface area (TPSA) is 119 Å². The van der Waals surface area contributed by atoms with E-state index in [1.54, 1.807) is 0 Å². The van der Waals surface area contributed by atoms with E-state index in [1.165, 1.54) is 44.9 Å². The van der Waals surface area contributed by atoms with Gasteiger partial charge in [-0.2, -0.15) is 0 Å². The Bertz CT molecular complexity index is 473. The van der Waals surface area contributed by atoms with Crippen molar-refractivity contribution < 1.29 is 92.6 Å². The van der Waals surface area contributed by atoms with Gasteiger partial charge in [0.25, 0.3) is 0 Å². The molecule has 0 rings (SSSR count). The van der Waals surface area contributed by atoms with E-state index in [-0.39, 0.29) is 72.1 Å². The molecule has 0 saturated heterocycles. The Morgan fingerprint density at radius 3 is 1.87 bits per heavy atom. The van der Waals surface area contributed by atoms with Crippen molar-refractivity contribution in [2.75, 3.05) is 13.2 Å². The van der Waals surface area contributed by atoms with Gasteiger partial charge in [-0.3, -0.25) is 4.79 Å². The minimum atomic E-state index is -5.12. The number of carbonyl (C=O) groups is 1. The number of hydrogen-bond donors (Lipinski definition) is 1. The summed E-state index contributed by atoms with van der Waals surface area (Å²) in [7, 11) is -5.12. The summed E-state index contributed by atoms with van der Waals surface area (Å²) >= 11 is 0. The predicted octanol–water partition coefficient (Wildman–Crippen LogP) is -2.22. The van der Waals surface area contributed by atoms with Crippen molar-refractivity contribution in [2.24, 2.45) is 0 Å². The summed E-state index contributed by atoms with van der Waals surface area (Å²) in [5.41, 5.74) is 0. The Hall–Kier alpha value is 1.28. The predicted molar refractivity (Wildman–Crippen MR) is 110 cm³/mol. The van der Waals surface area contributed by atoms with Crippen LogP contribution in [0.4, 0.5) is 0 Å². The van der Waals surface area contributed by atoms with Gasteiger partial charge in [-0.05, 0) is 32.1 Å². The minimum Gasteiger partial charge on any atom is -0.790 e. The number of phosphoric acid groups is 1. The molecule has 0 aliphatic heterocycles. The van der Waals surface area contributed by atoms with Crippen LogP contribution >= 0.6 is 7.82 Å². The van der Waals surface area contributed by atoms with Crippen LogP contribution in [0.2, 0.25) is 0 Å². The summed E-state index contributed by atoms with van der Waals surface area (Å²) in [6.45, 7) is 1.15. The Balaban J connectivity index is -0.00000392. The number of hydrogen-bond acceptors (Lipinski definition) is 7. The average molecular weight is 480 g/mol. The van der Waals surface area contributed by atoms with E-state index in [0.29, 0.717) is 0 Å². The van der Waals surface area contributed by atoms with Gasteiger partial charge in [0.1, 0.15) is 12.7 Å². The summed E-state index contributed by atoms with van der Waals surface area (Å²) < 4.78 is 19.0. The largest absolute Gasteiger partial charge is 1.00 e. The molecule has 7 nitrogen and oxygen atoms in total. The van der Waals surface area contributed by atoms with E-state index in [0.717, 1.165) is 38.5 Å². The third kappa shape index (κ3) is 31.3. The van der Waals surface area contributed by atoms with Gasteiger partial charge in [0.05, 0.1) is 14.4 Å². The normalized spacial score (nSPS) is 12.3. The second-order valence-corrected chi connectivity index (χ2v) is 8.57. The molecule has 1 N–H and O–H groups in total. The van der Waals surface area contributed by atoms with Crippen LogP contribution in [-0.2, 0) is 18.6 Å². The molecule has 0 spiro atoms. The molecule has 1 atom stereocenters. The van der Waals surface area contributed by atoms with E-state index in [2.05, 4.69) is 23.6 Å². The molecule has 10 heteroatoms. The Morgan fingerprint density at radius 1 is 0.871 bits per heavy atom. The van der Waals surface area contributed by atoms with Crippen LogP contribution in [0.25, 0.3) is 0 Å². The quantitative estimate of drug-likeness (QED) is 0.0690. The molecule has 172 valence electrons. The van der Waals surface area contributed by atoms with Gasteiger partial charge in [0.15, 0.2) is 0 Å². The standard InChI is InChI=1S/C21H41O7P.2Na/c1-2-3-4-5-6-7-8-9-10-11-12-13-14-15-16-17-21(23)27-18-20(22)19-28-29(24,25)26;;/h9-10,20,22H,2-8,11-19H2,1H3,(H2,24,25,26);;/q;2*+1/p-2/b10-9-;;/t20-;;/m1../s1. The maximum absolute atomic E-state index is 11.5. The first-order valence-electron chi connectivity index (χ1n) is 11.0. The van der Waals surface area contributed by atoms with E-state index in [4.69, 9.17) is 4.74 Å². The Labute approximate surface area is 232 Å². The number of aliphatic hydroxyl groups is 1. The molecular formula is C21H39Na2O7P. The van der Waals surface area contributed by atoms with Crippen molar-refractivity contribution in [1.29, 1.82) is 0 Å². The van der Waals surface area contributed by atoms with Gasteiger partial charge >= 0.3 is 65.1 Å². The number of phosphoric ester groups is 1. The van der Waals surface area contributed by atoms with Crippen LogP contribution < -0.4 is 68.9 Å². The van der Waals surface area contributed by atoms with Gasteiger partial charge in [0, 0.05) is 6.42 Å². The number of unbranched alkanes of at least 4 members (excludes halogenated alkanes) is 11. The first kappa shape index (κ1) is 36.8. The maximum Gasteiger partial charge on any atom is 1.00 e. The zero-order valence-electron chi connectivity index (χ0n) is 19.9. The smallest absolute Gasteiger partial charge is 0.790 e. The van der Waals surface area contributed by atoms with Gasteiger partial charge in [-0.15, -0.1) is 0 Å². The summed E-state index contributed by atoms with van der Waals surface area (Å²) in [4.78, 5) is 32.1. The van der Waals surface area contributed by atoms with Gasteiger partial charge in [-0.25, -0.2) is 0 Å². The molecule has 31 heavy (non-hydrogen) atoms. The zero-order chi connectivity index (χ0) is 21.8. The van der Waals surface area contributed by atoms with Gasteiger partial charge < -0.3 is 28.7 Å².